The van der Waals surface area contributed by atoms with Gasteiger partial charge in [-0.25, -0.2) is 14.4 Å². The number of hydrogen-bond donors (Lipinski definition) is 5. The highest BCUT2D eigenvalue weighted by Crippen LogP contribution is 2.19. The van der Waals surface area contributed by atoms with E-state index in [-0.39, 0.29) is 13.1 Å². The lowest BCUT2D eigenvalue weighted by Crippen LogP contribution is -2.53. The van der Waals surface area contributed by atoms with Crippen molar-refractivity contribution in [3.63, 3.8) is 0 Å². The molecule has 0 fully saturated rings. The first-order chi connectivity index (χ1) is 8.14. The van der Waals surface area contributed by atoms with E-state index in [1.807, 2.05) is 0 Å². The summed E-state index contributed by atoms with van der Waals surface area (Å²) >= 11 is 0. The lowest BCUT2D eigenvalue weighted by atomic mass is 9.87. The Kier molecular flexibility index (Phi) is 5.94. The highest BCUT2D eigenvalue weighted by atomic mass is 16.4. The van der Waals surface area contributed by atoms with Crippen LogP contribution in [0.5, 0.6) is 0 Å². The quantitative estimate of drug-likeness (QED) is 0.424. The predicted molar refractivity (Wildman–Crippen MR) is 65.0 cm³/mol. The van der Waals surface area contributed by atoms with Gasteiger partial charge in [-0.05, 0) is 5.41 Å². The van der Waals surface area contributed by atoms with Crippen LogP contribution in [-0.2, 0) is 4.79 Å². The van der Waals surface area contributed by atoms with Gasteiger partial charge in [0.2, 0.25) is 0 Å². The topological polar surface area (TPSA) is 134 Å². The first-order valence-electron chi connectivity index (χ1n) is 5.45. The van der Waals surface area contributed by atoms with Gasteiger partial charge in [0.25, 0.3) is 0 Å². The number of nitrogens with two attached hydrogens (primary N) is 1. The Morgan fingerprint density at radius 3 is 2.06 bits per heavy atom. The molecule has 0 saturated carbocycles. The Morgan fingerprint density at radius 2 is 1.67 bits per heavy atom. The maximum Gasteiger partial charge on any atom is 0.326 e. The number of rotatable bonds is 5. The summed E-state index contributed by atoms with van der Waals surface area (Å²) in [5, 5.41) is 16.0. The molecule has 0 aromatic rings. The molecule has 0 bridgehead atoms. The monoisotopic (exact) mass is 260 g/mol. The molecule has 104 valence electrons. The normalized spacial score (nSPS) is 12.4. The number of nitrogens with one attached hydrogen (secondary N) is 3. The van der Waals surface area contributed by atoms with Crippen LogP contribution in [0.3, 0.4) is 0 Å². The van der Waals surface area contributed by atoms with Crippen LogP contribution in [0.1, 0.15) is 20.8 Å². The molecule has 0 heterocycles. The summed E-state index contributed by atoms with van der Waals surface area (Å²) in [4.78, 5) is 32.8. The number of hydrogen-bond acceptors (Lipinski definition) is 3. The summed E-state index contributed by atoms with van der Waals surface area (Å²) in [5.41, 5.74) is 4.23. The summed E-state index contributed by atoms with van der Waals surface area (Å²) in [6.07, 6.45) is 0. The lowest BCUT2D eigenvalue weighted by molar-refractivity contribution is -0.141. The summed E-state index contributed by atoms with van der Waals surface area (Å²) in [7, 11) is 0. The van der Waals surface area contributed by atoms with Gasteiger partial charge in [0.15, 0.2) is 0 Å². The van der Waals surface area contributed by atoms with Crippen LogP contribution in [0.25, 0.3) is 0 Å². The molecule has 6 N–H and O–H groups in total. The molecule has 0 rings (SSSR count). The van der Waals surface area contributed by atoms with Gasteiger partial charge < -0.3 is 26.8 Å². The number of carbonyl (C=O) groups is 3. The highest BCUT2D eigenvalue weighted by Gasteiger charge is 2.32. The zero-order valence-electron chi connectivity index (χ0n) is 10.7. The van der Waals surface area contributed by atoms with E-state index >= 15 is 0 Å². The molecule has 0 unspecified atom stereocenters. The Labute approximate surface area is 105 Å². The van der Waals surface area contributed by atoms with Crippen molar-refractivity contribution in [1.82, 2.24) is 16.0 Å². The number of carbonyl (C=O) groups excluding carboxylic acids is 2. The maximum absolute atomic E-state index is 11.4. The van der Waals surface area contributed by atoms with Crippen molar-refractivity contribution in [1.29, 1.82) is 0 Å². The average Bonchev–Trinajstić information content (AvgIpc) is 2.18. The van der Waals surface area contributed by atoms with E-state index in [1.165, 1.54) is 0 Å². The molecule has 0 aromatic heterocycles. The molecule has 0 spiro atoms. The highest BCUT2D eigenvalue weighted by molar-refractivity contribution is 5.83. The van der Waals surface area contributed by atoms with Crippen LogP contribution >= 0.6 is 0 Å². The standard InChI is InChI=1S/C10H20N4O4/c1-10(2,3)6(7(15)16)14-9(18)13-5-4-12-8(11)17/h6H,4-5H2,1-3H3,(H,15,16)(H3,11,12,17)(H2,13,14,18)/t6-/m1/s1. The number of amides is 4. The van der Waals surface area contributed by atoms with E-state index in [2.05, 4.69) is 16.0 Å². The molecule has 0 radical (unpaired) electrons. The first-order valence-corrected chi connectivity index (χ1v) is 5.45. The molecule has 0 aliphatic carbocycles. The molecule has 0 aliphatic rings. The fourth-order valence-electron chi connectivity index (χ4n) is 1.19. The van der Waals surface area contributed by atoms with Crippen LogP contribution in [0.15, 0.2) is 0 Å². The number of urea groups is 2. The fourth-order valence-corrected chi connectivity index (χ4v) is 1.19. The molecule has 0 saturated heterocycles. The van der Waals surface area contributed by atoms with Gasteiger partial charge in [0.05, 0.1) is 0 Å². The van der Waals surface area contributed by atoms with E-state index in [0.29, 0.717) is 0 Å². The molecule has 8 heteroatoms. The summed E-state index contributed by atoms with van der Waals surface area (Å²) in [6, 6.07) is -2.29. The minimum atomic E-state index is -1.10. The second kappa shape index (κ2) is 6.67. The molecule has 18 heavy (non-hydrogen) atoms. The maximum atomic E-state index is 11.4. The SMILES string of the molecule is CC(C)(C)[C@H](NC(=O)NCCNC(N)=O)C(=O)O. The summed E-state index contributed by atoms with van der Waals surface area (Å²) in [5.74, 6) is -1.10. The van der Waals surface area contributed by atoms with E-state index in [4.69, 9.17) is 10.8 Å². The molecule has 8 nitrogen and oxygen atoms in total. The third-order valence-electron chi connectivity index (χ3n) is 2.10. The summed E-state index contributed by atoms with van der Waals surface area (Å²) < 4.78 is 0. The van der Waals surface area contributed by atoms with Crippen molar-refractivity contribution in [2.45, 2.75) is 26.8 Å². The van der Waals surface area contributed by atoms with Crippen LogP contribution in [0, 0.1) is 5.41 Å². The van der Waals surface area contributed by atoms with E-state index < -0.39 is 29.5 Å². The molecule has 0 aromatic carbocycles. The Bertz CT molecular complexity index is 324. The molecular weight excluding hydrogens is 240 g/mol. The third-order valence-corrected chi connectivity index (χ3v) is 2.10. The fraction of sp³-hybridized carbons (Fsp3) is 0.700. The van der Waals surface area contributed by atoms with Crippen molar-refractivity contribution < 1.29 is 19.5 Å². The van der Waals surface area contributed by atoms with Gasteiger partial charge in [-0.1, -0.05) is 20.8 Å². The van der Waals surface area contributed by atoms with Gasteiger partial charge in [-0.2, -0.15) is 0 Å². The number of primary amides is 1. The Morgan fingerprint density at radius 1 is 1.17 bits per heavy atom. The van der Waals surface area contributed by atoms with Gasteiger partial charge in [-0.15, -0.1) is 0 Å². The van der Waals surface area contributed by atoms with Crippen LogP contribution in [-0.4, -0.2) is 42.3 Å². The summed E-state index contributed by atoms with van der Waals surface area (Å²) in [6.45, 7) is 5.46. The van der Waals surface area contributed by atoms with Crippen molar-refractivity contribution in [3.8, 4) is 0 Å². The van der Waals surface area contributed by atoms with Crippen molar-refractivity contribution >= 4 is 18.0 Å². The van der Waals surface area contributed by atoms with Crippen molar-refractivity contribution in [2.24, 2.45) is 11.1 Å². The minimum absolute atomic E-state index is 0.158. The Hall–Kier alpha value is -1.99. The Balaban J connectivity index is 4.12. The second-order valence-electron chi connectivity index (χ2n) is 4.83. The largest absolute Gasteiger partial charge is 0.480 e. The van der Waals surface area contributed by atoms with Gasteiger partial charge in [-0.3, -0.25) is 0 Å². The third kappa shape index (κ3) is 6.56. The van der Waals surface area contributed by atoms with Crippen molar-refractivity contribution in [2.75, 3.05) is 13.1 Å². The molecule has 0 aliphatic heterocycles. The van der Waals surface area contributed by atoms with Gasteiger partial charge in [0.1, 0.15) is 6.04 Å². The van der Waals surface area contributed by atoms with Crippen molar-refractivity contribution in [3.05, 3.63) is 0 Å². The van der Waals surface area contributed by atoms with E-state index in [9.17, 15) is 14.4 Å². The van der Waals surface area contributed by atoms with Gasteiger partial charge >= 0.3 is 18.0 Å². The molecule has 1 atom stereocenters. The minimum Gasteiger partial charge on any atom is -0.480 e. The van der Waals surface area contributed by atoms with Crippen LogP contribution in [0.4, 0.5) is 9.59 Å². The molecular formula is C10H20N4O4. The second-order valence-corrected chi connectivity index (χ2v) is 4.83. The molecule has 4 amide bonds. The first kappa shape index (κ1) is 16.0. The van der Waals surface area contributed by atoms with Crippen LogP contribution in [0.2, 0.25) is 0 Å². The van der Waals surface area contributed by atoms with Crippen LogP contribution < -0.4 is 21.7 Å². The zero-order chi connectivity index (χ0) is 14.3. The number of carboxylic acids is 1. The zero-order valence-corrected chi connectivity index (χ0v) is 10.7. The predicted octanol–water partition coefficient (Wildman–Crippen LogP) is -0.547. The lowest BCUT2D eigenvalue weighted by Gasteiger charge is -2.27. The van der Waals surface area contributed by atoms with E-state index in [0.717, 1.165) is 0 Å². The average molecular weight is 260 g/mol. The number of aliphatic carboxylic acids is 1. The van der Waals surface area contributed by atoms with Gasteiger partial charge in [0, 0.05) is 13.1 Å². The smallest absolute Gasteiger partial charge is 0.326 e. The number of carboxylic acid groups (broad SMARTS) is 1. The van der Waals surface area contributed by atoms with E-state index in [1.54, 1.807) is 20.8 Å².